The van der Waals surface area contributed by atoms with Crippen molar-refractivity contribution in [3.8, 4) is 0 Å². The third kappa shape index (κ3) is 1.52. The Morgan fingerprint density at radius 2 is 1.85 bits per heavy atom. The normalized spacial score (nSPS) is 23.5. The maximum absolute atomic E-state index is 11.4. The molecule has 0 fully saturated rings. The topological polar surface area (TPSA) is 35.8 Å². The number of hydrogen-bond donors (Lipinski definition) is 1. The van der Waals surface area contributed by atoms with E-state index in [1.54, 1.807) is 0 Å². The van der Waals surface area contributed by atoms with Gasteiger partial charge in [-0.2, -0.15) is 0 Å². The van der Waals surface area contributed by atoms with Crippen LogP contribution in [0.5, 0.6) is 0 Å². The van der Waals surface area contributed by atoms with Crippen LogP contribution in [0.25, 0.3) is 0 Å². The number of benzene rings is 2. The molecule has 0 amide bonds. The van der Waals surface area contributed by atoms with Gasteiger partial charge in [-0.05, 0) is 34.7 Å². The molecule has 3 nitrogen and oxygen atoms in total. The average Bonchev–Trinajstić information content (AvgIpc) is 3.04. The van der Waals surface area contributed by atoms with Gasteiger partial charge in [0.05, 0.1) is 6.54 Å². The average molecular weight is 374 g/mol. The van der Waals surface area contributed by atoms with Crippen molar-refractivity contribution in [2.75, 3.05) is 13.1 Å². The molecule has 2 aliphatic heterocycles. The molecule has 0 radical (unpaired) electrons. The quantitative estimate of drug-likeness (QED) is 0.779. The lowest BCUT2D eigenvalue weighted by Crippen LogP contribution is -2.43. The van der Waals surface area contributed by atoms with Gasteiger partial charge in [0.2, 0.25) is 0 Å². The minimum Gasteiger partial charge on any atom is -0.363 e. The van der Waals surface area contributed by atoms with E-state index < -0.39 is 5.72 Å². The molecule has 0 bridgehead atoms. The summed E-state index contributed by atoms with van der Waals surface area (Å²) in [5.41, 5.74) is 1.79. The Hall–Kier alpha value is -1.40. The molecule has 2 aliphatic rings. The zero-order valence-electron chi connectivity index (χ0n) is 10.8. The Kier molecular flexibility index (Phi) is 2.65. The minimum atomic E-state index is -1.09. The third-order valence-corrected chi connectivity index (χ3v) is 4.74. The number of aliphatic hydroxyl groups is 1. The Labute approximate surface area is 131 Å². The highest BCUT2D eigenvalue weighted by Gasteiger charge is 2.49. The lowest BCUT2D eigenvalue weighted by atomic mass is 9.94. The molecule has 0 saturated carbocycles. The summed E-state index contributed by atoms with van der Waals surface area (Å²) in [5.74, 6) is 0.918. The molecule has 2 heterocycles. The number of halogens is 1. The van der Waals surface area contributed by atoms with E-state index in [4.69, 9.17) is 0 Å². The highest BCUT2D eigenvalue weighted by molar-refractivity contribution is 14.1. The van der Waals surface area contributed by atoms with Gasteiger partial charge in [0.25, 0.3) is 0 Å². The molecular weight excluding hydrogens is 361 g/mol. The predicted molar refractivity (Wildman–Crippen MR) is 86.7 cm³/mol. The standard InChI is InChI=1S/C16H13IN2O/c17-12-7-5-11(6-8-12)16(20)14-4-2-1-3-13(14)15-18-9-10-19(15)16/h1-8,20H,9-10H2/i17-2. The molecule has 1 unspecified atom stereocenters. The maximum atomic E-state index is 11.4. The van der Waals surface area contributed by atoms with E-state index in [1.807, 2.05) is 53.4 Å². The fourth-order valence-electron chi connectivity index (χ4n) is 3.11. The van der Waals surface area contributed by atoms with Crippen molar-refractivity contribution in [3.05, 3.63) is 68.8 Å². The second kappa shape index (κ2) is 4.30. The van der Waals surface area contributed by atoms with Crippen molar-refractivity contribution in [1.82, 2.24) is 4.90 Å². The van der Waals surface area contributed by atoms with Gasteiger partial charge in [0, 0.05) is 26.8 Å². The van der Waals surface area contributed by atoms with Gasteiger partial charge in [-0.3, -0.25) is 4.99 Å². The summed E-state index contributed by atoms with van der Waals surface area (Å²) < 4.78 is 1.16. The van der Waals surface area contributed by atoms with Crippen molar-refractivity contribution >= 4 is 28.4 Å². The van der Waals surface area contributed by atoms with E-state index >= 15 is 0 Å². The second-order valence-electron chi connectivity index (χ2n) is 5.08. The smallest absolute Gasteiger partial charge is 0.193 e. The zero-order valence-corrected chi connectivity index (χ0v) is 12.9. The Bertz CT molecular complexity index is 711. The van der Waals surface area contributed by atoms with E-state index in [0.29, 0.717) is 0 Å². The van der Waals surface area contributed by atoms with Crippen LogP contribution in [0.2, 0.25) is 0 Å². The van der Waals surface area contributed by atoms with Crippen LogP contribution in [0.4, 0.5) is 0 Å². The van der Waals surface area contributed by atoms with Crippen molar-refractivity contribution in [2.24, 2.45) is 4.99 Å². The van der Waals surface area contributed by atoms with E-state index in [2.05, 4.69) is 27.6 Å². The van der Waals surface area contributed by atoms with Crippen LogP contribution in [0.1, 0.15) is 16.7 Å². The van der Waals surface area contributed by atoms with Crippen molar-refractivity contribution in [2.45, 2.75) is 5.72 Å². The van der Waals surface area contributed by atoms with Crippen LogP contribution >= 0.6 is 22.6 Å². The number of aliphatic imine (C=N–C) groups is 1. The summed E-state index contributed by atoms with van der Waals surface area (Å²) in [6.45, 7) is 1.50. The minimum absolute atomic E-state index is 0.746. The van der Waals surface area contributed by atoms with Crippen LogP contribution in [0.3, 0.4) is 0 Å². The fourth-order valence-corrected chi connectivity index (χ4v) is 3.47. The number of rotatable bonds is 1. The number of nitrogens with zero attached hydrogens (tertiary/aromatic N) is 2. The third-order valence-electron chi connectivity index (χ3n) is 4.02. The molecule has 100 valence electrons. The molecule has 1 N–H and O–H groups in total. The lowest BCUT2D eigenvalue weighted by Gasteiger charge is -2.33. The fraction of sp³-hybridized carbons (Fsp3) is 0.188. The number of amidine groups is 1. The van der Waals surface area contributed by atoms with E-state index in [9.17, 15) is 5.11 Å². The van der Waals surface area contributed by atoms with Gasteiger partial charge in [0.15, 0.2) is 5.72 Å². The first-order valence-corrected chi connectivity index (χ1v) is 7.69. The van der Waals surface area contributed by atoms with E-state index in [-0.39, 0.29) is 0 Å². The predicted octanol–water partition coefficient (Wildman–Crippen LogP) is 2.56. The zero-order chi connectivity index (χ0) is 13.7. The Morgan fingerprint density at radius 3 is 2.65 bits per heavy atom. The van der Waals surface area contributed by atoms with Gasteiger partial charge < -0.3 is 10.0 Å². The molecule has 0 spiro atoms. The Balaban J connectivity index is 1.97. The van der Waals surface area contributed by atoms with Crippen molar-refractivity contribution in [3.63, 3.8) is 0 Å². The number of hydrogen-bond acceptors (Lipinski definition) is 3. The van der Waals surface area contributed by atoms with Crippen LogP contribution < -0.4 is 0 Å². The highest BCUT2D eigenvalue weighted by atomic mass is 125. The molecule has 0 saturated heterocycles. The summed E-state index contributed by atoms with van der Waals surface area (Å²) in [7, 11) is 0. The molecule has 20 heavy (non-hydrogen) atoms. The van der Waals surface area contributed by atoms with E-state index in [1.165, 1.54) is 0 Å². The molecule has 0 aromatic heterocycles. The molecule has 0 aliphatic carbocycles. The number of fused-ring (bicyclic) bond motifs is 3. The molecule has 4 heteroatoms. The molecule has 2 aromatic carbocycles. The SMILES string of the molecule is OC1(c2ccc([125I])cc2)c2ccccc2C2=NCCN21. The largest absolute Gasteiger partial charge is 0.363 e. The monoisotopic (exact) mass is 374 g/mol. The second-order valence-corrected chi connectivity index (χ2v) is 6.33. The molecule has 2 aromatic rings. The van der Waals surface area contributed by atoms with Crippen LogP contribution in [0, 0.1) is 3.57 Å². The summed E-state index contributed by atoms with van der Waals surface area (Å²) in [5, 5.41) is 11.4. The van der Waals surface area contributed by atoms with Gasteiger partial charge in [-0.1, -0.05) is 36.4 Å². The van der Waals surface area contributed by atoms with E-state index in [0.717, 1.165) is 39.2 Å². The highest BCUT2D eigenvalue weighted by Crippen LogP contribution is 2.43. The Morgan fingerprint density at radius 1 is 1.10 bits per heavy atom. The summed E-state index contributed by atoms with van der Waals surface area (Å²) in [6.07, 6.45) is 0. The van der Waals surface area contributed by atoms with Gasteiger partial charge >= 0.3 is 0 Å². The summed E-state index contributed by atoms with van der Waals surface area (Å²) in [6, 6.07) is 16.1. The first kappa shape index (κ1) is 12.3. The van der Waals surface area contributed by atoms with Crippen molar-refractivity contribution < 1.29 is 5.11 Å². The maximum Gasteiger partial charge on any atom is 0.193 e. The molecule has 4 rings (SSSR count). The van der Waals surface area contributed by atoms with Gasteiger partial charge in [-0.25, -0.2) is 0 Å². The first-order valence-electron chi connectivity index (χ1n) is 6.61. The molecular formula is C16H13IN2O. The summed E-state index contributed by atoms with van der Waals surface area (Å²) >= 11 is 2.28. The van der Waals surface area contributed by atoms with Crippen molar-refractivity contribution in [1.29, 1.82) is 0 Å². The van der Waals surface area contributed by atoms with Crippen LogP contribution in [-0.4, -0.2) is 28.9 Å². The van der Waals surface area contributed by atoms with Crippen LogP contribution in [-0.2, 0) is 5.72 Å². The first-order chi connectivity index (χ1) is 9.71. The molecule has 1 atom stereocenters. The van der Waals surface area contributed by atoms with Gasteiger partial charge in [0.1, 0.15) is 5.84 Å². The summed E-state index contributed by atoms with van der Waals surface area (Å²) in [4.78, 5) is 6.57. The van der Waals surface area contributed by atoms with Gasteiger partial charge in [-0.15, -0.1) is 0 Å². The lowest BCUT2D eigenvalue weighted by molar-refractivity contribution is -0.0242. The van der Waals surface area contributed by atoms with Crippen LogP contribution in [0.15, 0.2) is 53.5 Å².